The molecule has 0 aliphatic rings. The molecular weight excluding hydrogens is 386 g/mol. The van der Waals surface area contributed by atoms with Gasteiger partial charge in [0, 0.05) is 17.1 Å². The summed E-state index contributed by atoms with van der Waals surface area (Å²) in [4.78, 5) is 2.05. The quantitative estimate of drug-likeness (QED) is 0.387. The first-order chi connectivity index (χ1) is 15.0. The maximum absolute atomic E-state index is 10.0. The standard InChI is InChI=1S/C27H27NO3/c1-4-25(29)19-7-13-22(14-8-19)28(23-15-9-20(10-16-23)26(30)5-2)24-17-11-21(12-18-24)27(31)6-3/h4-18,25-27,29-31H,1-3H2. The Hall–Kier alpha value is -3.44. The number of aliphatic hydroxyl groups excluding tert-OH is 3. The van der Waals surface area contributed by atoms with Crippen LogP contribution in [0.4, 0.5) is 17.1 Å². The van der Waals surface area contributed by atoms with Gasteiger partial charge in [-0.3, -0.25) is 0 Å². The molecule has 0 spiro atoms. The Morgan fingerprint density at radius 2 is 0.710 bits per heavy atom. The third kappa shape index (κ3) is 5.01. The van der Waals surface area contributed by atoms with Crippen molar-refractivity contribution >= 4 is 17.1 Å². The Labute approximate surface area is 183 Å². The fraction of sp³-hybridized carbons (Fsp3) is 0.111. The fourth-order valence-corrected chi connectivity index (χ4v) is 3.32. The van der Waals surface area contributed by atoms with Gasteiger partial charge >= 0.3 is 0 Å². The summed E-state index contributed by atoms with van der Waals surface area (Å²) in [6.45, 7) is 10.9. The molecule has 0 fully saturated rings. The molecule has 4 nitrogen and oxygen atoms in total. The molecule has 3 aromatic carbocycles. The normalized spacial score (nSPS) is 13.6. The molecule has 3 unspecified atom stereocenters. The van der Waals surface area contributed by atoms with Crippen molar-refractivity contribution in [3.63, 3.8) is 0 Å². The van der Waals surface area contributed by atoms with Crippen LogP contribution in [0.3, 0.4) is 0 Å². The van der Waals surface area contributed by atoms with E-state index in [1.807, 2.05) is 72.8 Å². The summed E-state index contributed by atoms with van der Waals surface area (Å²) in [6, 6.07) is 22.8. The summed E-state index contributed by atoms with van der Waals surface area (Å²) in [7, 11) is 0. The Kier molecular flexibility index (Phi) is 7.21. The molecule has 0 saturated heterocycles. The molecule has 0 radical (unpaired) electrons. The third-order valence-electron chi connectivity index (χ3n) is 5.15. The number of nitrogens with zero attached hydrogens (tertiary/aromatic N) is 1. The maximum Gasteiger partial charge on any atom is 0.0969 e. The lowest BCUT2D eigenvalue weighted by Gasteiger charge is -2.26. The highest BCUT2D eigenvalue weighted by molar-refractivity contribution is 5.76. The van der Waals surface area contributed by atoms with E-state index in [0.29, 0.717) is 0 Å². The number of hydrogen-bond acceptors (Lipinski definition) is 4. The smallest absolute Gasteiger partial charge is 0.0969 e. The highest BCUT2D eigenvalue weighted by Gasteiger charge is 2.15. The van der Waals surface area contributed by atoms with Crippen LogP contribution in [0, 0.1) is 0 Å². The van der Waals surface area contributed by atoms with E-state index in [1.54, 1.807) is 0 Å². The SMILES string of the molecule is C=CC(O)c1ccc(N(c2ccc(C(O)C=C)cc2)c2ccc(C(O)C=C)cc2)cc1. The van der Waals surface area contributed by atoms with Crippen LogP contribution < -0.4 is 4.90 Å². The first kappa shape index (κ1) is 22.2. The lowest BCUT2D eigenvalue weighted by Crippen LogP contribution is -2.10. The van der Waals surface area contributed by atoms with E-state index >= 15 is 0 Å². The molecule has 0 aliphatic heterocycles. The van der Waals surface area contributed by atoms with Crippen LogP contribution in [0.5, 0.6) is 0 Å². The molecule has 4 heteroatoms. The Bertz CT molecular complexity index is 887. The Morgan fingerprint density at radius 1 is 0.484 bits per heavy atom. The van der Waals surface area contributed by atoms with E-state index in [2.05, 4.69) is 24.6 Å². The molecule has 3 N–H and O–H groups in total. The first-order valence-electron chi connectivity index (χ1n) is 10.0. The second-order valence-corrected chi connectivity index (χ2v) is 7.15. The predicted octanol–water partition coefficient (Wildman–Crippen LogP) is 5.81. The van der Waals surface area contributed by atoms with E-state index in [-0.39, 0.29) is 0 Å². The lowest BCUT2D eigenvalue weighted by molar-refractivity contribution is 0.229. The van der Waals surface area contributed by atoms with Crippen LogP contribution in [-0.2, 0) is 0 Å². The van der Waals surface area contributed by atoms with Gasteiger partial charge in [0.15, 0.2) is 0 Å². The van der Waals surface area contributed by atoms with Crippen molar-refractivity contribution in [2.75, 3.05) is 4.90 Å². The molecule has 0 aliphatic carbocycles. The zero-order chi connectivity index (χ0) is 22.4. The van der Waals surface area contributed by atoms with Gasteiger partial charge < -0.3 is 20.2 Å². The van der Waals surface area contributed by atoms with Gasteiger partial charge in [-0.2, -0.15) is 0 Å². The van der Waals surface area contributed by atoms with E-state index in [0.717, 1.165) is 33.8 Å². The molecule has 3 atom stereocenters. The average molecular weight is 414 g/mol. The monoisotopic (exact) mass is 413 g/mol. The van der Waals surface area contributed by atoms with E-state index in [4.69, 9.17) is 0 Å². The molecule has 0 aromatic heterocycles. The van der Waals surface area contributed by atoms with Gasteiger partial charge in [0.2, 0.25) is 0 Å². The summed E-state index contributed by atoms with van der Waals surface area (Å²) in [5.74, 6) is 0. The third-order valence-corrected chi connectivity index (χ3v) is 5.15. The van der Waals surface area contributed by atoms with Crippen LogP contribution in [0.1, 0.15) is 35.0 Å². The number of anilines is 3. The van der Waals surface area contributed by atoms with Gasteiger partial charge in [0.1, 0.15) is 0 Å². The molecule has 3 rings (SSSR count). The fourth-order valence-electron chi connectivity index (χ4n) is 3.32. The van der Waals surface area contributed by atoms with Crippen molar-refractivity contribution in [3.8, 4) is 0 Å². The van der Waals surface area contributed by atoms with Crippen molar-refractivity contribution < 1.29 is 15.3 Å². The number of rotatable bonds is 9. The highest BCUT2D eigenvalue weighted by Crippen LogP contribution is 2.36. The van der Waals surface area contributed by atoms with Crippen molar-refractivity contribution in [3.05, 3.63) is 127 Å². The maximum atomic E-state index is 10.0. The van der Waals surface area contributed by atoms with Crippen LogP contribution in [0.15, 0.2) is 111 Å². The van der Waals surface area contributed by atoms with Gasteiger partial charge in [0.05, 0.1) is 18.3 Å². The van der Waals surface area contributed by atoms with Crippen molar-refractivity contribution in [2.24, 2.45) is 0 Å². The number of aliphatic hydroxyl groups is 3. The highest BCUT2D eigenvalue weighted by atomic mass is 16.3. The van der Waals surface area contributed by atoms with Gasteiger partial charge in [-0.1, -0.05) is 54.6 Å². The lowest BCUT2D eigenvalue weighted by atomic mass is 10.1. The van der Waals surface area contributed by atoms with Gasteiger partial charge in [-0.15, -0.1) is 19.7 Å². The Balaban J connectivity index is 2.04. The summed E-state index contributed by atoms with van der Waals surface area (Å²) in [6.07, 6.45) is 2.30. The first-order valence-corrected chi connectivity index (χ1v) is 10.0. The topological polar surface area (TPSA) is 63.9 Å². The minimum Gasteiger partial charge on any atom is -0.384 e. The summed E-state index contributed by atoms with van der Waals surface area (Å²) >= 11 is 0. The Morgan fingerprint density at radius 3 is 0.903 bits per heavy atom. The van der Waals surface area contributed by atoms with E-state index < -0.39 is 18.3 Å². The summed E-state index contributed by atoms with van der Waals surface area (Å²) < 4.78 is 0. The molecule has 0 heterocycles. The molecule has 0 saturated carbocycles. The molecule has 0 bridgehead atoms. The second kappa shape index (κ2) is 10.0. The number of benzene rings is 3. The number of hydrogen-bond donors (Lipinski definition) is 3. The van der Waals surface area contributed by atoms with Gasteiger partial charge in [-0.05, 0) is 53.1 Å². The van der Waals surface area contributed by atoms with Crippen molar-refractivity contribution in [1.82, 2.24) is 0 Å². The molecule has 0 amide bonds. The molecule has 31 heavy (non-hydrogen) atoms. The van der Waals surface area contributed by atoms with Crippen LogP contribution in [-0.4, -0.2) is 15.3 Å². The van der Waals surface area contributed by atoms with Crippen molar-refractivity contribution in [1.29, 1.82) is 0 Å². The summed E-state index contributed by atoms with van der Waals surface area (Å²) in [5, 5.41) is 30.0. The van der Waals surface area contributed by atoms with Crippen LogP contribution in [0.2, 0.25) is 0 Å². The second-order valence-electron chi connectivity index (χ2n) is 7.15. The molecular formula is C27H27NO3. The largest absolute Gasteiger partial charge is 0.384 e. The van der Waals surface area contributed by atoms with E-state index in [1.165, 1.54) is 18.2 Å². The van der Waals surface area contributed by atoms with Crippen LogP contribution >= 0.6 is 0 Å². The summed E-state index contributed by atoms with van der Waals surface area (Å²) in [5.41, 5.74) is 4.96. The molecule has 3 aromatic rings. The predicted molar refractivity (Wildman–Crippen MR) is 127 cm³/mol. The zero-order valence-electron chi connectivity index (χ0n) is 17.3. The van der Waals surface area contributed by atoms with Crippen LogP contribution in [0.25, 0.3) is 0 Å². The average Bonchev–Trinajstić information content (AvgIpc) is 2.84. The zero-order valence-corrected chi connectivity index (χ0v) is 17.3. The van der Waals surface area contributed by atoms with Gasteiger partial charge in [0.25, 0.3) is 0 Å². The van der Waals surface area contributed by atoms with E-state index in [9.17, 15) is 15.3 Å². The molecule has 158 valence electrons. The van der Waals surface area contributed by atoms with Crippen molar-refractivity contribution in [2.45, 2.75) is 18.3 Å². The minimum atomic E-state index is -0.721. The minimum absolute atomic E-state index is 0.721. The van der Waals surface area contributed by atoms with Gasteiger partial charge in [-0.25, -0.2) is 0 Å².